The maximum atomic E-state index is 5.78. The molecule has 1 aliphatic heterocycles. The molecule has 1 aliphatic rings. The summed E-state index contributed by atoms with van der Waals surface area (Å²) < 4.78 is 5.78. The van der Waals surface area contributed by atoms with Gasteiger partial charge in [-0.2, -0.15) is 0 Å². The van der Waals surface area contributed by atoms with Gasteiger partial charge in [-0.1, -0.05) is 23.8 Å². The zero-order valence-corrected chi connectivity index (χ0v) is 9.23. The lowest BCUT2D eigenvalue weighted by atomic mass is 10.0. The van der Waals surface area contributed by atoms with Gasteiger partial charge in [0.05, 0.1) is 12.1 Å². The second-order valence-electron chi connectivity index (χ2n) is 4.29. The Hall–Kier alpha value is -1.61. The Labute approximate surface area is 94.5 Å². The molecule has 0 saturated carbocycles. The van der Waals surface area contributed by atoms with Crippen LogP contribution in [-0.2, 0) is 0 Å². The van der Waals surface area contributed by atoms with Crippen molar-refractivity contribution < 1.29 is 4.42 Å². The fourth-order valence-electron chi connectivity index (χ4n) is 1.87. The molecule has 0 amide bonds. The van der Waals surface area contributed by atoms with E-state index in [1.54, 1.807) is 0 Å². The molecule has 1 fully saturated rings. The van der Waals surface area contributed by atoms with E-state index in [0.29, 0.717) is 5.92 Å². The number of benzene rings is 1. The fraction of sp³-hybridized carbons (Fsp3) is 0.308. The highest BCUT2D eigenvalue weighted by Crippen LogP contribution is 2.26. The molecule has 0 bridgehead atoms. The topological polar surface area (TPSA) is 38.1 Å². The van der Waals surface area contributed by atoms with Crippen LogP contribution < -0.4 is 5.32 Å². The Morgan fingerprint density at radius 2 is 2.25 bits per heavy atom. The molecule has 2 aromatic rings. The van der Waals surface area contributed by atoms with Gasteiger partial charge >= 0.3 is 0 Å². The van der Waals surface area contributed by atoms with E-state index in [2.05, 4.69) is 35.4 Å². The summed E-state index contributed by atoms with van der Waals surface area (Å²) in [5, 5.41) is 3.22. The molecule has 0 aliphatic carbocycles. The summed E-state index contributed by atoms with van der Waals surface area (Å²) in [6, 6.07) is 8.29. The lowest BCUT2D eigenvalue weighted by molar-refractivity contribution is 0.361. The molecule has 82 valence electrons. The number of nitrogens with one attached hydrogen (secondary N) is 1. The molecular weight excluding hydrogens is 200 g/mol. The van der Waals surface area contributed by atoms with E-state index in [-0.39, 0.29) is 0 Å². The van der Waals surface area contributed by atoms with Crippen LogP contribution in [0.2, 0.25) is 0 Å². The molecule has 3 heteroatoms. The van der Waals surface area contributed by atoms with Crippen molar-refractivity contribution in [3.63, 3.8) is 0 Å². The van der Waals surface area contributed by atoms with E-state index < -0.39 is 0 Å². The van der Waals surface area contributed by atoms with Crippen LogP contribution in [0, 0.1) is 6.92 Å². The van der Waals surface area contributed by atoms with Crippen LogP contribution >= 0.6 is 0 Å². The molecule has 16 heavy (non-hydrogen) atoms. The highest BCUT2D eigenvalue weighted by Gasteiger charge is 2.23. The molecule has 0 unspecified atom stereocenters. The summed E-state index contributed by atoms with van der Waals surface area (Å²) in [6.07, 6.45) is 1.82. The Morgan fingerprint density at radius 3 is 2.94 bits per heavy atom. The SMILES string of the molecule is Cc1cccc(-c2cnc(C3CNC3)o2)c1. The first-order valence-electron chi connectivity index (χ1n) is 5.56. The zero-order valence-electron chi connectivity index (χ0n) is 9.23. The van der Waals surface area contributed by atoms with Gasteiger partial charge in [-0.3, -0.25) is 0 Å². The van der Waals surface area contributed by atoms with Crippen LogP contribution in [0.15, 0.2) is 34.9 Å². The van der Waals surface area contributed by atoms with Crippen LogP contribution in [0.3, 0.4) is 0 Å². The van der Waals surface area contributed by atoms with Gasteiger partial charge in [0.1, 0.15) is 0 Å². The predicted octanol–water partition coefficient (Wildman–Crippen LogP) is 2.34. The van der Waals surface area contributed by atoms with Gasteiger partial charge in [0.2, 0.25) is 5.89 Å². The molecule has 0 radical (unpaired) electrons. The number of hydrogen-bond donors (Lipinski definition) is 1. The fourth-order valence-corrected chi connectivity index (χ4v) is 1.87. The minimum absolute atomic E-state index is 0.457. The van der Waals surface area contributed by atoms with E-state index in [9.17, 15) is 0 Å². The Morgan fingerprint density at radius 1 is 1.38 bits per heavy atom. The van der Waals surface area contributed by atoms with Crippen LogP contribution in [0.4, 0.5) is 0 Å². The molecule has 1 aromatic carbocycles. The standard InChI is InChI=1S/C13H14N2O/c1-9-3-2-4-10(5-9)12-8-15-13(16-12)11-6-14-7-11/h2-5,8,11,14H,6-7H2,1H3. The number of aromatic nitrogens is 1. The van der Waals surface area contributed by atoms with Gasteiger partial charge in [-0.25, -0.2) is 4.98 Å². The zero-order chi connectivity index (χ0) is 11.0. The minimum atomic E-state index is 0.457. The quantitative estimate of drug-likeness (QED) is 0.833. The summed E-state index contributed by atoms with van der Waals surface area (Å²) in [4.78, 5) is 4.34. The van der Waals surface area contributed by atoms with E-state index in [4.69, 9.17) is 4.42 Å². The lowest BCUT2D eigenvalue weighted by Gasteiger charge is -2.23. The molecule has 3 rings (SSSR count). The van der Waals surface area contributed by atoms with Crippen LogP contribution in [0.1, 0.15) is 17.4 Å². The summed E-state index contributed by atoms with van der Waals surface area (Å²) >= 11 is 0. The Balaban J connectivity index is 1.91. The molecule has 1 aromatic heterocycles. The monoisotopic (exact) mass is 214 g/mol. The van der Waals surface area contributed by atoms with E-state index in [1.807, 2.05) is 12.3 Å². The highest BCUT2D eigenvalue weighted by molar-refractivity contribution is 5.57. The third-order valence-electron chi connectivity index (χ3n) is 2.96. The maximum absolute atomic E-state index is 5.78. The Kier molecular flexibility index (Phi) is 2.26. The van der Waals surface area contributed by atoms with Crippen molar-refractivity contribution in [2.45, 2.75) is 12.8 Å². The van der Waals surface area contributed by atoms with Gasteiger partial charge in [0.25, 0.3) is 0 Å². The van der Waals surface area contributed by atoms with Crippen molar-refractivity contribution in [2.24, 2.45) is 0 Å². The van der Waals surface area contributed by atoms with Crippen molar-refractivity contribution in [1.29, 1.82) is 0 Å². The highest BCUT2D eigenvalue weighted by atomic mass is 16.4. The smallest absolute Gasteiger partial charge is 0.200 e. The van der Waals surface area contributed by atoms with Crippen molar-refractivity contribution >= 4 is 0 Å². The molecule has 1 saturated heterocycles. The van der Waals surface area contributed by atoms with Crippen LogP contribution in [0.5, 0.6) is 0 Å². The normalized spacial score (nSPS) is 16.1. The van der Waals surface area contributed by atoms with Gasteiger partial charge in [0.15, 0.2) is 5.76 Å². The third-order valence-corrected chi connectivity index (χ3v) is 2.96. The number of hydrogen-bond acceptors (Lipinski definition) is 3. The number of rotatable bonds is 2. The van der Waals surface area contributed by atoms with E-state index in [0.717, 1.165) is 30.3 Å². The number of nitrogens with zero attached hydrogens (tertiary/aromatic N) is 1. The van der Waals surface area contributed by atoms with Gasteiger partial charge in [-0.15, -0.1) is 0 Å². The lowest BCUT2D eigenvalue weighted by Crippen LogP contribution is -2.40. The van der Waals surface area contributed by atoms with Crippen molar-refractivity contribution in [1.82, 2.24) is 10.3 Å². The first-order valence-corrected chi connectivity index (χ1v) is 5.56. The molecule has 2 heterocycles. The first-order chi connectivity index (χ1) is 7.83. The summed E-state index contributed by atoms with van der Waals surface area (Å²) in [5.41, 5.74) is 2.34. The average molecular weight is 214 g/mol. The van der Waals surface area contributed by atoms with Crippen LogP contribution in [0.25, 0.3) is 11.3 Å². The number of aryl methyl sites for hydroxylation is 1. The summed E-state index contributed by atoms with van der Waals surface area (Å²) in [5.74, 6) is 2.18. The van der Waals surface area contributed by atoms with Crippen molar-refractivity contribution in [3.8, 4) is 11.3 Å². The van der Waals surface area contributed by atoms with Crippen molar-refractivity contribution in [3.05, 3.63) is 41.9 Å². The number of oxazole rings is 1. The molecule has 0 atom stereocenters. The summed E-state index contributed by atoms with van der Waals surface area (Å²) in [6.45, 7) is 4.04. The maximum Gasteiger partial charge on any atom is 0.200 e. The van der Waals surface area contributed by atoms with Crippen LogP contribution in [-0.4, -0.2) is 18.1 Å². The molecule has 1 N–H and O–H groups in total. The van der Waals surface area contributed by atoms with Gasteiger partial charge < -0.3 is 9.73 Å². The second-order valence-corrected chi connectivity index (χ2v) is 4.29. The Bertz CT molecular complexity index is 500. The largest absolute Gasteiger partial charge is 0.440 e. The first kappa shape index (κ1) is 9.60. The van der Waals surface area contributed by atoms with Gasteiger partial charge in [-0.05, 0) is 13.0 Å². The minimum Gasteiger partial charge on any atom is -0.440 e. The second kappa shape index (κ2) is 3.76. The summed E-state index contributed by atoms with van der Waals surface area (Å²) in [7, 11) is 0. The molecule has 3 nitrogen and oxygen atoms in total. The molecular formula is C13H14N2O. The van der Waals surface area contributed by atoms with E-state index in [1.165, 1.54) is 5.56 Å². The molecule has 0 spiro atoms. The van der Waals surface area contributed by atoms with E-state index >= 15 is 0 Å². The third kappa shape index (κ3) is 1.63. The predicted molar refractivity (Wildman–Crippen MR) is 62.3 cm³/mol. The van der Waals surface area contributed by atoms with Gasteiger partial charge in [0, 0.05) is 18.7 Å². The van der Waals surface area contributed by atoms with Crippen molar-refractivity contribution in [2.75, 3.05) is 13.1 Å². The average Bonchev–Trinajstić information content (AvgIpc) is 2.64.